The predicted octanol–water partition coefficient (Wildman–Crippen LogP) is 5.98. The molecular weight excluding hydrogens is 374 g/mol. The number of benzene rings is 3. The van der Waals surface area contributed by atoms with Gasteiger partial charge in [-0.1, -0.05) is 73.3 Å². The average Bonchev–Trinajstić information content (AvgIpc) is 3.29. The second-order valence-corrected chi connectivity index (χ2v) is 9.27. The first-order valence-corrected chi connectivity index (χ1v) is 11.0. The van der Waals surface area contributed by atoms with Crippen LogP contribution in [-0.4, -0.2) is 26.8 Å². The molecule has 6 rings (SSSR count). The molecule has 3 atom stereocenters. The molecule has 3 nitrogen and oxygen atoms in total. The van der Waals surface area contributed by atoms with Crippen molar-refractivity contribution in [3.63, 3.8) is 0 Å². The van der Waals surface area contributed by atoms with Crippen LogP contribution in [0.2, 0.25) is 0 Å². The Bertz CT molecular complexity index is 1200. The number of hydrogen-bond donors (Lipinski definition) is 0. The maximum atomic E-state index is 5.19. The minimum absolute atomic E-state index is 0.0143. The van der Waals surface area contributed by atoms with E-state index in [2.05, 4.69) is 78.6 Å². The summed E-state index contributed by atoms with van der Waals surface area (Å²) in [5.41, 5.74) is 2.42. The molecule has 0 amide bonds. The third-order valence-corrected chi connectivity index (χ3v) is 7.09. The summed E-state index contributed by atoms with van der Waals surface area (Å²) < 4.78 is 0. The smallest absolute Gasteiger partial charge is 0.160 e. The van der Waals surface area contributed by atoms with Crippen molar-refractivity contribution in [1.82, 2.24) is 9.88 Å². The monoisotopic (exact) mass is 395 g/mol. The van der Waals surface area contributed by atoms with Crippen molar-refractivity contribution in [3.05, 3.63) is 90.3 Å². The van der Waals surface area contributed by atoms with Crippen molar-refractivity contribution in [2.45, 2.75) is 24.3 Å². The van der Waals surface area contributed by atoms with E-state index in [4.69, 9.17) is 9.98 Å². The number of hydrogen-bond acceptors (Lipinski definition) is 4. The zero-order valence-corrected chi connectivity index (χ0v) is 17.0. The fraction of sp³-hybridized carbons (Fsp3) is 0.200. The van der Waals surface area contributed by atoms with Crippen LogP contribution in [0.5, 0.6) is 0 Å². The van der Waals surface area contributed by atoms with Gasteiger partial charge in [0, 0.05) is 18.0 Å². The van der Waals surface area contributed by atoms with Gasteiger partial charge < -0.3 is 4.90 Å². The van der Waals surface area contributed by atoms with Gasteiger partial charge in [0.25, 0.3) is 0 Å². The Morgan fingerprint density at radius 2 is 1.59 bits per heavy atom. The zero-order chi connectivity index (χ0) is 19.4. The largest absolute Gasteiger partial charge is 0.341 e. The van der Waals surface area contributed by atoms with Crippen molar-refractivity contribution < 1.29 is 0 Å². The molecule has 2 aliphatic heterocycles. The van der Waals surface area contributed by atoms with Crippen molar-refractivity contribution in [3.8, 4) is 0 Å². The molecule has 0 unspecified atom stereocenters. The number of pyridine rings is 1. The van der Waals surface area contributed by atoms with Gasteiger partial charge in [-0.25, -0.2) is 0 Å². The van der Waals surface area contributed by atoms with Crippen LogP contribution in [0.25, 0.3) is 21.5 Å². The quantitative estimate of drug-likeness (QED) is 0.391. The summed E-state index contributed by atoms with van der Waals surface area (Å²) in [6.07, 6.45) is 1.88. The van der Waals surface area contributed by atoms with Gasteiger partial charge in [-0.2, -0.15) is 0 Å². The minimum Gasteiger partial charge on any atom is -0.341 e. The highest BCUT2D eigenvalue weighted by Gasteiger charge is 2.44. The van der Waals surface area contributed by atoms with E-state index in [0.717, 1.165) is 17.4 Å². The summed E-state index contributed by atoms with van der Waals surface area (Å²) in [6, 6.07) is 26.2. The summed E-state index contributed by atoms with van der Waals surface area (Å²) >= 11 is 1.89. The van der Waals surface area contributed by atoms with Crippen molar-refractivity contribution in [2.75, 3.05) is 6.54 Å². The van der Waals surface area contributed by atoms with E-state index in [-0.39, 0.29) is 12.1 Å². The van der Waals surface area contributed by atoms with Gasteiger partial charge in [0.05, 0.1) is 11.7 Å². The third-order valence-electron chi connectivity index (χ3n) is 5.99. The van der Waals surface area contributed by atoms with Gasteiger partial charge in [0.2, 0.25) is 0 Å². The molecule has 0 radical (unpaired) electrons. The highest BCUT2D eigenvalue weighted by Crippen LogP contribution is 2.50. The lowest BCUT2D eigenvalue weighted by Gasteiger charge is -2.29. The summed E-state index contributed by atoms with van der Waals surface area (Å²) in [6.45, 7) is 3.31. The summed E-state index contributed by atoms with van der Waals surface area (Å²) in [7, 11) is 0. The summed E-state index contributed by atoms with van der Waals surface area (Å²) in [4.78, 5) is 12.4. The van der Waals surface area contributed by atoms with Crippen LogP contribution in [0.15, 0.2) is 84.0 Å². The maximum absolute atomic E-state index is 5.19. The first-order valence-electron chi connectivity index (χ1n) is 10.1. The van der Waals surface area contributed by atoms with E-state index in [9.17, 15) is 0 Å². The molecule has 1 fully saturated rings. The number of aliphatic imine (C=N–C) groups is 1. The molecule has 0 saturated carbocycles. The first-order chi connectivity index (χ1) is 14.3. The lowest BCUT2D eigenvalue weighted by atomic mass is 9.87. The Labute approximate surface area is 174 Å². The Morgan fingerprint density at radius 1 is 0.897 bits per heavy atom. The fourth-order valence-corrected chi connectivity index (χ4v) is 5.89. The van der Waals surface area contributed by atoms with E-state index < -0.39 is 0 Å². The van der Waals surface area contributed by atoms with Gasteiger partial charge in [-0.15, -0.1) is 0 Å². The second-order valence-electron chi connectivity index (χ2n) is 7.87. The van der Waals surface area contributed by atoms with E-state index in [0.29, 0.717) is 5.25 Å². The van der Waals surface area contributed by atoms with Crippen LogP contribution in [0, 0.1) is 0 Å². The number of thioether (sulfide) groups is 1. The van der Waals surface area contributed by atoms with Crippen LogP contribution in [0.4, 0.5) is 0 Å². The van der Waals surface area contributed by atoms with Crippen LogP contribution in [0.1, 0.15) is 30.3 Å². The van der Waals surface area contributed by atoms with Crippen molar-refractivity contribution >= 4 is 38.5 Å². The number of fused-ring (bicyclic) bond motifs is 3. The average molecular weight is 396 g/mol. The molecule has 0 spiro atoms. The van der Waals surface area contributed by atoms with Crippen LogP contribution < -0.4 is 0 Å². The first kappa shape index (κ1) is 17.0. The van der Waals surface area contributed by atoms with Crippen LogP contribution in [-0.2, 0) is 0 Å². The number of aromatic nitrogens is 1. The molecule has 3 heterocycles. The minimum atomic E-state index is 0.0143. The predicted molar refractivity (Wildman–Crippen MR) is 122 cm³/mol. The standard InChI is InChI=1S/C25H21N3S/c1-16-15-28-24(23(27-25(28)29-16)21-12-6-7-13-26-21)22-19-10-4-2-8-17(19)14-18-9-3-5-11-20(18)22/h2-14,16,23-24H,15H2,1H3/t16-,23-,24+/m1/s1. The van der Waals surface area contributed by atoms with Gasteiger partial charge >= 0.3 is 0 Å². The normalized spacial score (nSPS) is 23.6. The highest BCUT2D eigenvalue weighted by molar-refractivity contribution is 8.14. The van der Waals surface area contributed by atoms with E-state index in [1.54, 1.807) is 0 Å². The molecular formula is C25H21N3S. The van der Waals surface area contributed by atoms with E-state index in [1.165, 1.54) is 27.1 Å². The SMILES string of the molecule is C[C@@H]1CN2C(=N[C@H](c3ccccn3)[C@@H]2c2c3ccccc3cc3ccccc23)S1. The van der Waals surface area contributed by atoms with Crippen LogP contribution >= 0.6 is 11.8 Å². The molecule has 4 aromatic rings. The van der Waals surface area contributed by atoms with E-state index >= 15 is 0 Å². The van der Waals surface area contributed by atoms with Gasteiger partial charge in [0.15, 0.2) is 5.17 Å². The van der Waals surface area contributed by atoms with Crippen molar-refractivity contribution in [2.24, 2.45) is 4.99 Å². The number of rotatable bonds is 2. The van der Waals surface area contributed by atoms with Crippen molar-refractivity contribution in [1.29, 1.82) is 0 Å². The van der Waals surface area contributed by atoms with Gasteiger partial charge in [-0.05, 0) is 45.3 Å². The molecule has 29 heavy (non-hydrogen) atoms. The Hall–Kier alpha value is -2.85. The van der Waals surface area contributed by atoms with Crippen LogP contribution in [0.3, 0.4) is 0 Å². The topological polar surface area (TPSA) is 28.5 Å². The van der Waals surface area contributed by atoms with E-state index in [1.807, 2.05) is 24.0 Å². The lowest BCUT2D eigenvalue weighted by molar-refractivity contribution is 0.325. The summed E-state index contributed by atoms with van der Waals surface area (Å²) in [5, 5.41) is 6.93. The summed E-state index contributed by atoms with van der Waals surface area (Å²) in [5.74, 6) is 0. The highest BCUT2D eigenvalue weighted by atomic mass is 32.2. The Kier molecular flexibility index (Phi) is 3.88. The third kappa shape index (κ3) is 2.66. The van der Waals surface area contributed by atoms with Gasteiger partial charge in [-0.3, -0.25) is 9.98 Å². The zero-order valence-electron chi connectivity index (χ0n) is 16.2. The molecule has 2 aliphatic rings. The number of nitrogens with zero attached hydrogens (tertiary/aromatic N) is 3. The fourth-order valence-electron chi connectivity index (χ4n) is 4.80. The number of amidine groups is 1. The molecule has 0 aliphatic carbocycles. The van der Waals surface area contributed by atoms with Gasteiger partial charge in [0.1, 0.15) is 6.04 Å². The molecule has 142 valence electrons. The maximum Gasteiger partial charge on any atom is 0.160 e. The molecule has 1 saturated heterocycles. The molecule has 4 heteroatoms. The Morgan fingerprint density at radius 3 is 2.28 bits per heavy atom. The Balaban J connectivity index is 1.65. The molecule has 3 aromatic carbocycles. The molecule has 0 bridgehead atoms. The second kappa shape index (κ2) is 6.60. The molecule has 1 aromatic heterocycles. The lowest BCUT2D eigenvalue weighted by Crippen LogP contribution is -2.29. The molecule has 0 N–H and O–H groups in total.